The summed E-state index contributed by atoms with van der Waals surface area (Å²) in [6.45, 7) is 2.99. The highest BCUT2D eigenvalue weighted by molar-refractivity contribution is 5.76. The first-order chi connectivity index (χ1) is 15.5. The molecule has 1 amide bonds. The summed E-state index contributed by atoms with van der Waals surface area (Å²) in [7, 11) is 1.57. The molecule has 4 rings (SSSR count). The van der Waals surface area contributed by atoms with Crippen LogP contribution in [0, 0.1) is 0 Å². The van der Waals surface area contributed by atoms with Gasteiger partial charge in [0.25, 0.3) is 5.56 Å². The Bertz CT molecular complexity index is 1220. The molecule has 0 spiro atoms. The molecule has 0 atom stereocenters. The van der Waals surface area contributed by atoms with Gasteiger partial charge in [0.1, 0.15) is 5.82 Å². The third-order valence-corrected chi connectivity index (χ3v) is 6.34. The van der Waals surface area contributed by atoms with Crippen molar-refractivity contribution in [3.05, 3.63) is 62.6 Å². The van der Waals surface area contributed by atoms with E-state index in [0.29, 0.717) is 30.7 Å². The molecule has 0 radical (unpaired) electrons. The molecule has 1 N–H and O–H groups in total. The minimum Gasteiger partial charge on any atom is -0.359 e. The summed E-state index contributed by atoms with van der Waals surface area (Å²) in [6, 6.07) is 10.0. The molecule has 8 heteroatoms. The van der Waals surface area contributed by atoms with Crippen LogP contribution in [0.2, 0.25) is 0 Å². The number of nitrogens with zero attached hydrogens (tertiary/aromatic N) is 4. The minimum atomic E-state index is -0.393. The lowest BCUT2D eigenvalue weighted by molar-refractivity contribution is -0.120. The molecule has 1 aliphatic rings. The smallest absolute Gasteiger partial charge is 0.332 e. The van der Waals surface area contributed by atoms with E-state index < -0.39 is 5.69 Å². The van der Waals surface area contributed by atoms with Gasteiger partial charge in [-0.05, 0) is 24.8 Å². The van der Waals surface area contributed by atoms with Gasteiger partial charge >= 0.3 is 5.69 Å². The van der Waals surface area contributed by atoms with Crippen molar-refractivity contribution in [3.63, 3.8) is 0 Å². The maximum atomic E-state index is 13.5. The zero-order chi connectivity index (χ0) is 22.7. The van der Waals surface area contributed by atoms with Crippen LogP contribution >= 0.6 is 0 Å². The lowest BCUT2D eigenvalue weighted by Crippen LogP contribution is -2.41. The summed E-state index contributed by atoms with van der Waals surface area (Å²) in [5.74, 6) is 0.992. The van der Waals surface area contributed by atoms with Crippen LogP contribution in [0.4, 0.5) is 0 Å². The molecule has 1 saturated carbocycles. The number of rotatable bonds is 8. The van der Waals surface area contributed by atoms with E-state index in [-0.39, 0.29) is 30.3 Å². The molecule has 1 aliphatic carbocycles. The van der Waals surface area contributed by atoms with E-state index in [1.54, 1.807) is 7.05 Å². The van der Waals surface area contributed by atoms with Gasteiger partial charge in [-0.3, -0.25) is 18.7 Å². The number of carbonyl (C=O) groups excluding carboxylic acids is 1. The fourth-order valence-electron chi connectivity index (χ4n) is 4.69. The van der Waals surface area contributed by atoms with Crippen molar-refractivity contribution in [2.45, 2.75) is 71.0 Å². The SMILES string of the molecule is CCCn1c(=O)c2c(nc(C3CCCC3)n2Cc2ccccc2)n(CCC(=O)NC)c1=O. The number of aromatic nitrogens is 4. The van der Waals surface area contributed by atoms with Crippen LogP contribution in [0.5, 0.6) is 0 Å². The number of aryl methyl sites for hydroxylation is 1. The summed E-state index contributed by atoms with van der Waals surface area (Å²) in [4.78, 5) is 43.6. The quantitative estimate of drug-likeness (QED) is 0.586. The van der Waals surface area contributed by atoms with Crippen LogP contribution in [-0.4, -0.2) is 31.6 Å². The Hall–Kier alpha value is -3.16. The van der Waals surface area contributed by atoms with Crippen molar-refractivity contribution in [2.24, 2.45) is 0 Å². The van der Waals surface area contributed by atoms with Crippen molar-refractivity contribution in [2.75, 3.05) is 7.05 Å². The summed E-state index contributed by atoms with van der Waals surface area (Å²) in [5, 5.41) is 2.60. The van der Waals surface area contributed by atoms with Crippen LogP contribution in [0.15, 0.2) is 39.9 Å². The minimum absolute atomic E-state index is 0.153. The van der Waals surface area contributed by atoms with Gasteiger partial charge in [0.05, 0.1) is 0 Å². The van der Waals surface area contributed by atoms with E-state index in [1.165, 1.54) is 9.13 Å². The Kier molecular flexibility index (Phi) is 6.58. The molecule has 0 unspecified atom stereocenters. The summed E-state index contributed by atoms with van der Waals surface area (Å²) < 4.78 is 4.83. The molecule has 8 nitrogen and oxygen atoms in total. The van der Waals surface area contributed by atoms with Gasteiger partial charge < -0.3 is 9.88 Å². The lowest BCUT2D eigenvalue weighted by atomic mass is 10.1. The maximum absolute atomic E-state index is 13.5. The van der Waals surface area contributed by atoms with Crippen LogP contribution < -0.4 is 16.6 Å². The van der Waals surface area contributed by atoms with Gasteiger partial charge in [-0.1, -0.05) is 50.1 Å². The van der Waals surface area contributed by atoms with Crippen LogP contribution in [0.3, 0.4) is 0 Å². The molecule has 0 bridgehead atoms. The highest BCUT2D eigenvalue weighted by Crippen LogP contribution is 2.35. The van der Waals surface area contributed by atoms with Gasteiger partial charge in [-0.15, -0.1) is 0 Å². The first-order valence-corrected chi connectivity index (χ1v) is 11.5. The number of hydrogen-bond donors (Lipinski definition) is 1. The number of amides is 1. The predicted molar refractivity (Wildman–Crippen MR) is 124 cm³/mol. The maximum Gasteiger partial charge on any atom is 0.332 e. The predicted octanol–water partition coefficient (Wildman–Crippen LogP) is 2.61. The highest BCUT2D eigenvalue weighted by atomic mass is 16.2. The van der Waals surface area contributed by atoms with E-state index in [0.717, 1.165) is 37.1 Å². The van der Waals surface area contributed by atoms with Gasteiger partial charge in [-0.2, -0.15) is 0 Å². The molecule has 170 valence electrons. The highest BCUT2D eigenvalue weighted by Gasteiger charge is 2.27. The molecule has 1 aromatic carbocycles. The van der Waals surface area contributed by atoms with E-state index in [1.807, 2.05) is 41.8 Å². The van der Waals surface area contributed by atoms with Gasteiger partial charge in [0, 0.05) is 39.0 Å². The Morgan fingerprint density at radius 1 is 1.06 bits per heavy atom. The number of hydrogen-bond acceptors (Lipinski definition) is 4. The number of nitrogens with one attached hydrogen (secondary N) is 1. The Morgan fingerprint density at radius 2 is 1.78 bits per heavy atom. The first kappa shape index (κ1) is 22.0. The molecule has 32 heavy (non-hydrogen) atoms. The average molecular weight is 438 g/mol. The molecule has 2 heterocycles. The normalized spacial score (nSPS) is 14.3. The molecule has 1 fully saturated rings. The van der Waals surface area contributed by atoms with Crippen LogP contribution in [0.1, 0.15) is 62.8 Å². The Morgan fingerprint density at radius 3 is 2.44 bits per heavy atom. The molecule has 2 aromatic heterocycles. The number of fused-ring (bicyclic) bond motifs is 1. The largest absolute Gasteiger partial charge is 0.359 e. The van der Waals surface area contributed by atoms with E-state index in [9.17, 15) is 14.4 Å². The van der Waals surface area contributed by atoms with E-state index >= 15 is 0 Å². The van der Waals surface area contributed by atoms with Crippen molar-refractivity contribution in [1.29, 1.82) is 0 Å². The fourth-order valence-corrected chi connectivity index (χ4v) is 4.69. The molecular formula is C24H31N5O3. The molecule has 0 saturated heterocycles. The van der Waals surface area contributed by atoms with Crippen LogP contribution in [-0.2, 0) is 24.4 Å². The molecular weight excluding hydrogens is 406 g/mol. The van der Waals surface area contributed by atoms with Crippen molar-refractivity contribution >= 4 is 17.1 Å². The summed E-state index contributed by atoms with van der Waals surface area (Å²) in [5.41, 5.74) is 1.25. The van der Waals surface area contributed by atoms with Crippen molar-refractivity contribution < 1.29 is 4.79 Å². The monoisotopic (exact) mass is 437 g/mol. The second-order valence-electron chi connectivity index (χ2n) is 8.51. The Labute approximate surface area is 186 Å². The molecule has 3 aromatic rings. The molecule has 0 aliphatic heterocycles. The zero-order valence-electron chi connectivity index (χ0n) is 18.8. The number of carbonyl (C=O) groups is 1. The summed E-state index contributed by atoms with van der Waals surface area (Å²) >= 11 is 0. The summed E-state index contributed by atoms with van der Waals surface area (Å²) in [6.07, 6.45) is 5.16. The third kappa shape index (κ3) is 4.13. The second-order valence-corrected chi connectivity index (χ2v) is 8.51. The second kappa shape index (κ2) is 9.54. The average Bonchev–Trinajstić information content (AvgIpc) is 3.45. The lowest BCUT2D eigenvalue weighted by Gasteiger charge is -2.14. The number of imidazole rings is 1. The topological polar surface area (TPSA) is 90.9 Å². The van der Waals surface area contributed by atoms with Crippen LogP contribution in [0.25, 0.3) is 11.2 Å². The first-order valence-electron chi connectivity index (χ1n) is 11.5. The van der Waals surface area contributed by atoms with Crippen molar-refractivity contribution in [3.8, 4) is 0 Å². The van der Waals surface area contributed by atoms with E-state index in [2.05, 4.69) is 5.32 Å². The van der Waals surface area contributed by atoms with Gasteiger partial charge in [-0.25, -0.2) is 9.78 Å². The van der Waals surface area contributed by atoms with Crippen molar-refractivity contribution in [1.82, 2.24) is 24.0 Å². The van der Waals surface area contributed by atoms with E-state index in [4.69, 9.17) is 4.98 Å². The Balaban J connectivity index is 1.96. The standard InChI is InChI=1S/C24H31N5O3/c1-3-14-28-23(31)20-22(27(24(28)32)15-13-19(30)25-2)26-21(18-11-7-8-12-18)29(20)16-17-9-5-4-6-10-17/h4-6,9-10,18H,3,7-8,11-16H2,1-2H3,(H,25,30). The van der Waals surface area contributed by atoms with Gasteiger partial charge in [0.15, 0.2) is 11.2 Å². The number of benzene rings is 1. The zero-order valence-corrected chi connectivity index (χ0v) is 18.8. The third-order valence-electron chi connectivity index (χ3n) is 6.34. The fraction of sp³-hybridized carbons (Fsp3) is 0.500. The van der Waals surface area contributed by atoms with Gasteiger partial charge in [0.2, 0.25) is 5.91 Å².